The lowest BCUT2D eigenvalue weighted by Crippen LogP contribution is -2.28. The summed E-state index contributed by atoms with van der Waals surface area (Å²) in [4.78, 5) is 22.4. The molecular formula is C13H17NO3. The van der Waals surface area contributed by atoms with Crippen LogP contribution in [0.5, 0.6) is 0 Å². The lowest BCUT2D eigenvalue weighted by Gasteiger charge is -2.17. The molecule has 0 bridgehead atoms. The van der Waals surface area contributed by atoms with Crippen LogP contribution in [0.2, 0.25) is 0 Å². The van der Waals surface area contributed by atoms with Crippen LogP contribution in [0.25, 0.3) is 0 Å². The van der Waals surface area contributed by atoms with Gasteiger partial charge in [0.15, 0.2) is 0 Å². The van der Waals surface area contributed by atoms with E-state index in [1.165, 1.54) is 14.0 Å². The monoisotopic (exact) mass is 235 g/mol. The van der Waals surface area contributed by atoms with Crippen LogP contribution >= 0.6 is 0 Å². The molecule has 1 aromatic rings. The zero-order valence-electron chi connectivity index (χ0n) is 10.3. The van der Waals surface area contributed by atoms with Crippen LogP contribution < -0.4 is 5.32 Å². The SMILES string of the molecule is COC(=O)C[C@@H](NC(C)=O)c1ccc(C)cc1. The van der Waals surface area contributed by atoms with Gasteiger partial charge in [-0.2, -0.15) is 0 Å². The summed E-state index contributed by atoms with van der Waals surface area (Å²) in [5.41, 5.74) is 2.03. The highest BCUT2D eigenvalue weighted by atomic mass is 16.5. The van der Waals surface area contributed by atoms with Gasteiger partial charge in [-0.25, -0.2) is 0 Å². The van der Waals surface area contributed by atoms with E-state index in [4.69, 9.17) is 0 Å². The van der Waals surface area contributed by atoms with Crippen molar-refractivity contribution in [3.8, 4) is 0 Å². The minimum absolute atomic E-state index is 0.138. The van der Waals surface area contributed by atoms with E-state index in [-0.39, 0.29) is 24.3 Å². The molecular weight excluding hydrogens is 218 g/mol. The Morgan fingerprint density at radius 2 is 1.88 bits per heavy atom. The summed E-state index contributed by atoms with van der Waals surface area (Å²) < 4.78 is 4.62. The van der Waals surface area contributed by atoms with Crippen molar-refractivity contribution >= 4 is 11.9 Å². The van der Waals surface area contributed by atoms with Crippen LogP contribution in [0.15, 0.2) is 24.3 Å². The molecule has 0 aromatic heterocycles. The third kappa shape index (κ3) is 4.26. The quantitative estimate of drug-likeness (QED) is 0.809. The van der Waals surface area contributed by atoms with E-state index in [0.29, 0.717) is 0 Å². The highest BCUT2D eigenvalue weighted by Gasteiger charge is 2.17. The van der Waals surface area contributed by atoms with Crippen molar-refractivity contribution in [2.24, 2.45) is 0 Å². The molecule has 0 spiro atoms. The maximum atomic E-state index is 11.3. The predicted molar refractivity (Wildman–Crippen MR) is 64.4 cm³/mol. The maximum absolute atomic E-state index is 11.3. The summed E-state index contributed by atoms with van der Waals surface area (Å²) in [5, 5.41) is 2.74. The first-order chi connectivity index (χ1) is 8.02. The van der Waals surface area contributed by atoms with Gasteiger partial charge < -0.3 is 10.1 Å². The van der Waals surface area contributed by atoms with E-state index in [0.717, 1.165) is 11.1 Å². The Kier molecular flexibility index (Phi) is 4.69. The van der Waals surface area contributed by atoms with Gasteiger partial charge in [-0.15, -0.1) is 0 Å². The summed E-state index contributed by atoms with van der Waals surface area (Å²) in [6.45, 7) is 3.41. The predicted octanol–water partition coefficient (Wildman–Crippen LogP) is 1.74. The van der Waals surface area contributed by atoms with Gasteiger partial charge in [-0.05, 0) is 12.5 Å². The van der Waals surface area contributed by atoms with Crippen molar-refractivity contribution in [1.29, 1.82) is 0 Å². The normalized spacial score (nSPS) is 11.7. The Balaban J connectivity index is 2.85. The molecule has 0 aliphatic carbocycles. The second-order valence-corrected chi connectivity index (χ2v) is 3.94. The third-order valence-corrected chi connectivity index (χ3v) is 2.46. The lowest BCUT2D eigenvalue weighted by molar-refractivity contribution is -0.141. The van der Waals surface area contributed by atoms with E-state index in [1.54, 1.807) is 0 Å². The fourth-order valence-electron chi connectivity index (χ4n) is 1.55. The largest absolute Gasteiger partial charge is 0.469 e. The number of methoxy groups -OCH3 is 1. The number of ether oxygens (including phenoxy) is 1. The molecule has 0 aliphatic heterocycles. The van der Waals surface area contributed by atoms with Gasteiger partial charge in [0.1, 0.15) is 0 Å². The van der Waals surface area contributed by atoms with Crippen LogP contribution in [0, 0.1) is 6.92 Å². The number of amides is 1. The zero-order chi connectivity index (χ0) is 12.8. The molecule has 0 unspecified atom stereocenters. The number of aryl methyl sites for hydroxylation is 1. The molecule has 1 N–H and O–H groups in total. The number of benzene rings is 1. The molecule has 92 valence electrons. The van der Waals surface area contributed by atoms with Crippen LogP contribution in [0.1, 0.15) is 30.5 Å². The maximum Gasteiger partial charge on any atom is 0.307 e. The van der Waals surface area contributed by atoms with Gasteiger partial charge in [-0.3, -0.25) is 9.59 Å². The number of carbonyl (C=O) groups is 2. The number of esters is 1. The zero-order valence-corrected chi connectivity index (χ0v) is 10.3. The average Bonchev–Trinajstić information content (AvgIpc) is 2.28. The molecule has 1 rings (SSSR count). The fourth-order valence-corrected chi connectivity index (χ4v) is 1.55. The number of hydrogen-bond acceptors (Lipinski definition) is 3. The summed E-state index contributed by atoms with van der Waals surface area (Å²) in [7, 11) is 1.34. The van der Waals surface area contributed by atoms with Crippen molar-refractivity contribution in [3.63, 3.8) is 0 Å². The first-order valence-electron chi connectivity index (χ1n) is 5.43. The molecule has 1 atom stereocenters. The van der Waals surface area contributed by atoms with E-state index in [1.807, 2.05) is 31.2 Å². The number of hydrogen-bond donors (Lipinski definition) is 1. The number of nitrogens with one attached hydrogen (secondary N) is 1. The topological polar surface area (TPSA) is 55.4 Å². The number of carbonyl (C=O) groups excluding carboxylic acids is 2. The van der Waals surface area contributed by atoms with Gasteiger partial charge >= 0.3 is 5.97 Å². The van der Waals surface area contributed by atoms with Gasteiger partial charge in [0.05, 0.1) is 19.6 Å². The van der Waals surface area contributed by atoms with E-state index < -0.39 is 0 Å². The van der Waals surface area contributed by atoms with Crippen molar-refractivity contribution in [2.75, 3.05) is 7.11 Å². The molecule has 4 nitrogen and oxygen atoms in total. The second kappa shape index (κ2) is 6.03. The first kappa shape index (κ1) is 13.2. The minimum Gasteiger partial charge on any atom is -0.469 e. The standard InChI is InChI=1S/C13H17NO3/c1-9-4-6-11(7-5-9)12(14-10(2)15)8-13(16)17-3/h4-7,12H,8H2,1-3H3,(H,14,15)/t12-/m1/s1. The molecule has 1 aromatic carbocycles. The second-order valence-electron chi connectivity index (χ2n) is 3.94. The van der Waals surface area contributed by atoms with Gasteiger partial charge in [0, 0.05) is 6.92 Å². The third-order valence-electron chi connectivity index (χ3n) is 2.46. The molecule has 0 fully saturated rings. The summed E-state index contributed by atoms with van der Waals surface area (Å²) in [6.07, 6.45) is 0.138. The van der Waals surface area contributed by atoms with Gasteiger partial charge in [-0.1, -0.05) is 29.8 Å². The molecule has 1 amide bonds. The molecule has 0 heterocycles. The Bertz CT molecular complexity index is 398. The summed E-state index contributed by atoms with van der Waals surface area (Å²) in [6, 6.07) is 7.36. The van der Waals surface area contributed by atoms with Crippen molar-refractivity contribution in [2.45, 2.75) is 26.3 Å². The Morgan fingerprint density at radius 1 is 1.29 bits per heavy atom. The first-order valence-corrected chi connectivity index (χ1v) is 5.43. The average molecular weight is 235 g/mol. The molecule has 0 saturated carbocycles. The molecule has 0 aliphatic rings. The molecule has 17 heavy (non-hydrogen) atoms. The Labute approximate surface area is 101 Å². The van der Waals surface area contributed by atoms with Gasteiger partial charge in [0.2, 0.25) is 5.91 Å². The lowest BCUT2D eigenvalue weighted by atomic mass is 10.0. The number of rotatable bonds is 4. The van der Waals surface area contributed by atoms with Crippen LogP contribution in [-0.4, -0.2) is 19.0 Å². The van der Waals surface area contributed by atoms with E-state index in [9.17, 15) is 9.59 Å². The smallest absolute Gasteiger partial charge is 0.307 e. The Hall–Kier alpha value is -1.84. The molecule has 4 heteroatoms. The van der Waals surface area contributed by atoms with Crippen LogP contribution in [0.3, 0.4) is 0 Å². The fraction of sp³-hybridized carbons (Fsp3) is 0.385. The minimum atomic E-state index is -0.343. The van der Waals surface area contributed by atoms with Crippen molar-refractivity contribution < 1.29 is 14.3 Å². The van der Waals surface area contributed by atoms with Gasteiger partial charge in [0.25, 0.3) is 0 Å². The summed E-state index contributed by atoms with van der Waals surface area (Å²) >= 11 is 0. The van der Waals surface area contributed by atoms with Crippen molar-refractivity contribution in [1.82, 2.24) is 5.32 Å². The van der Waals surface area contributed by atoms with E-state index in [2.05, 4.69) is 10.1 Å². The molecule has 0 radical (unpaired) electrons. The van der Waals surface area contributed by atoms with Crippen LogP contribution in [0.4, 0.5) is 0 Å². The van der Waals surface area contributed by atoms with E-state index >= 15 is 0 Å². The van der Waals surface area contributed by atoms with Crippen LogP contribution in [-0.2, 0) is 14.3 Å². The van der Waals surface area contributed by atoms with Crippen molar-refractivity contribution in [3.05, 3.63) is 35.4 Å². The highest BCUT2D eigenvalue weighted by molar-refractivity contribution is 5.75. The highest BCUT2D eigenvalue weighted by Crippen LogP contribution is 2.18. The Morgan fingerprint density at radius 3 is 2.35 bits per heavy atom. The summed E-state index contributed by atoms with van der Waals surface area (Å²) in [5.74, 6) is -0.510. The molecule has 0 saturated heterocycles.